The Morgan fingerprint density at radius 3 is 2.59 bits per heavy atom. The lowest BCUT2D eigenvalue weighted by Gasteiger charge is -2.33. The Morgan fingerprint density at radius 2 is 1.86 bits per heavy atom. The molecule has 29 heavy (non-hydrogen) atoms. The first-order valence-electron chi connectivity index (χ1n) is 10.4. The van der Waals surface area contributed by atoms with Crippen LogP contribution in [0.3, 0.4) is 0 Å². The van der Waals surface area contributed by atoms with Gasteiger partial charge in [0.25, 0.3) is 0 Å². The number of rotatable bonds is 4. The Labute approximate surface area is 172 Å². The number of nitrogens with one attached hydrogen (secondary N) is 1. The molecule has 2 aromatic carbocycles. The fraction of sp³-hybridized carbons (Fsp3) is 0.400. The third kappa shape index (κ3) is 3.16. The van der Waals surface area contributed by atoms with Gasteiger partial charge in [-0.2, -0.15) is 0 Å². The van der Waals surface area contributed by atoms with Crippen LogP contribution in [0.5, 0.6) is 0 Å². The zero-order chi connectivity index (χ0) is 20.0. The van der Waals surface area contributed by atoms with Crippen molar-refractivity contribution in [2.24, 2.45) is 10.9 Å². The van der Waals surface area contributed by atoms with E-state index in [4.69, 9.17) is 14.5 Å². The van der Waals surface area contributed by atoms with Gasteiger partial charge in [-0.05, 0) is 37.0 Å². The van der Waals surface area contributed by atoms with Crippen LogP contribution in [0.4, 0.5) is 0 Å². The standard InChI is InChI=1S/C25H28N2O2/c1-25(2)15-29-24(27-25)21-17-11-7-8-12-18(17)23(28-3)22-19(21)14-26-20(22)13-16-9-5-4-6-10-16/h4-12,19-21,26H,13-15H2,1-3H3/t19-,20?,21+/m1/s1. The Kier molecular flexibility index (Phi) is 4.47. The molecule has 0 aromatic heterocycles. The second-order valence-electron chi connectivity index (χ2n) is 8.86. The number of aliphatic imine (C=N–C) groups is 1. The average Bonchev–Trinajstić information content (AvgIpc) is 3.30. The van der Waals surface area contributed by atoms with Crippen LogP contribution in [0, 0.1) is 5.92 Å². The van der Waals surface area contributed by atoms with Crippen LogP contribution in [0.25, 0.3) is 5.76 Å². The fourth-order valence-corrected chi connectivity index (χ4v) is 5.06. The van der Waals surface area contributed by atoms with Crippen LogP contribution in [0.15, 0.2) is 65.2 Å². The summed E-state index contributed by atoms with van der Waals surface area (Å²) in [6.07, 6.45) is 0.952. The fourth-order valence-electron chi connectivity index (χ4n) is 5.06. The summed E-state index contributed by atoms with van der Waals surface area (Å²) < 4.78 is 12.2. The smallest absolute Gasteiger partial charge is 0.192 e. The summed E-state index contributed by atoms with van der Waals surface area (Å²) in [5, 5.41) is 3.77. The summed E-state index contributed by atoms with van der Waals surface area (Å²) in [5.41, 5.74) is 4.96. The molecule has 2 heterocycles. The van der Waals surface area contributed by atoms with Gasteiger partial charge >= 0.3 is 0 Å². The van der Waals surface area contributed by atoms with Crippen molar-refractivity contribution in [2.75, 3.05) is 20.3 Å². The molecule has 5 rings (SSSR count). The summed E-state index contributed by atoms with van der Waals surface area (Å²) in [6.45, 7) is 5.82. The van der Waals surface area contributed by atoms with Crippen LogP contribution in [-0.2, 0) is 15.9 Å². The van der Waals surface area contributed by atoms with E-state index in [1.165, 1.54) is 22.3 Å². The van der Waals surface area contributed by atoms with Crippen molar-refractivity contribution in [3.8, 4) is 0 Å². The maximum Gasteiger partial charge on any atom is 0.192 e. The van der Waals surface area contributed by atoms with E-state index in [1.807, 2.05) is 0 Å². The lowest BCUT2D eigenvalue weighted by Crippen LogP contribution is -2.30. The monoisotopic (exact) mass is 388 g/mol. The van der Waals surface area contributed by atoms with Gasteiger partial charge in [-0.3, -0.25) is 0 Å². The minimum atomic E-state index is -0.162. The Morgan fingerprint density at radius 1 is 1.10 bits per heavy atom. The third-order valence-electron chi connectivity index (χ3n) is 6.30. The topological polar surface area (TPSA) is 42.8 Å². The van der Waals surface area contributed by atoms with Crippen LogP contribution in [-0.4, -0.2) is 37.7 Å². The molecule has 0 radical (unpaired) electrons. The molecule has 3 aliphatic rings. The second kappa shape index (κ2) is 7.03. The zero-order valence-corrected chi connectivity index (χ0v) is 17.3. The number of hydrogen-bond acceptors (Lipinski definition) is 4. The number of fused-ring (bicyclic) bond motifs is 2. The molecule has 3 atom stereocenters. The molecule has 0 spiro atoms. The minimum Gasteiger partial charge on any atom is -0.496 e. The van der Waals surface area contributed by atoms with Crippen molar-refractivity contribution in [1.82, 2.24) is 5.32 Å². The van der Waals surface area contributed by atoms with Crippen LogP contribution >= 0.6 is 0 Å². The normalized spacial score (nSPS) is 27.1. The van der Waals surface area contributed by atoms with E-state index in [9.17, 15) is 0 Å². The molecule has 4 heteroatoms. The molecule has 2 aliphatic heterocycles. The summed E-state index contributed by atoms with van der Waals surface area (Å²) in [7, 11) is 1.79. The van der Waals surface area contributed by atoms with E-state index in [2.05, 4.69) is 73.8 Å². The van der Waals surface area contributed by atoms with Gasteiger partial charge in [-0.15, -0.1) is 0 Å². The van der Waals surface area contributed by atoms with Gasteiger partial charge in [0.05, 0.1) is 18.6 Å². The highest BCUT2D eigenvalue weighted by Crippen LogP contribution is 2.48. The lowest BCUT2D eigenvalue weighted by molar-refractivity contribution is 0.266. The van der Waals surface area contributed by atoms with Gasteiger partial charge in [0.2, 0.25) is 0 Å². The number of methoxy groups -OCH3 is 1. The first kappa shape index (κ1) is 18.4. The maximum absolute atomic E-state index is 6.15. The summed E-state index contributed by atoms with van der Waals surface area (Å²) in [4.78, 5) is 4.97. The number of nitrogens with zero attached hydrogens (tertiary/aromatic N) is 1. The molecule has 4 nitrogen and oxygen atoms in total. The first-order valence-corrected chi connectivity index (χ1v) is 10.4. The first-order chi connectivity index (χ1) is 14.1. The number of benzene rings is 2. The van der Waals surface area contributed by atoms with Crippen molar-refractivity contribution in [2.45, 2.75) is 37.8 Å². The van der Waals surface area contributed by atoms with Gasteiger partial charge < -0.3 is 14.8 Å². The SMILES string of the molecule is COC1=C2C(Cc3ccccc3)NC[C@@H]2[C@@H](C2=NC(C)(C)CO2)c2ccccc21. The number of ether oxygens (including phenoxy) is 2. The van der Waals surface area contributed by atoms with Gasteiger partial charge in [-0.25, -0.2) is 4.99 Å². The van der Waals surface area contributed by atoms with Crippen molar-refractivity contribution < 1.29 is 9.47 Å². The minimum absolute atomic E-state index is 0.134. The van der Waals surface area contributed by atoms with Crippen molar-refractivity contribution >= 4 is 11.7 Å². The molecule has 1 fully saturated rings. The molecular weight excluding hydrogens is 360 g/mol. The number of hydrogen-bond donors (Lipinski definition) is 1. The van der Waals surface area contributed by atoms with Crippen molar-refractivity contribution in [3.05, 3.63) is 76.9 Å². The Hall–Kier alpha value is -2.59. The van der Waals surface area contributed by atoms with Gasteiger partial charge in [0.1, 0.15) is 12.4 Å². The molecule has 1 saturated heterocycles. The van der Waals surface area contributed by atoms with Crippen LogP contribution < -0.4 is 5.32 Å². The summed E-state index contributed by atoms with van der Waals surface area (Å²) in [6, 6.07) is 19.5. The Balaban J connectivity index is 1.61. The predicted octanol–water partition coefficient (Wildman–Crippen LogP) is 4.18. The van der Waals surface area contributed by atoms with Gasteiger partial charge in [0.15, 0.2) is 5.90 Å². The van der Waals surface area contributed by atoms with E-state index in [1.54, 1.807) is 7.11 Å². The molecule has 2 aromatic rings. The summed E-state index contributed by atoms with van der Waals surface area (Å²) in [5.74, 6) is 2.32. The van der Waals surface area contributed by atoms with E-state index < -0.39 is 0 Å². The van der Waals surface area contributed by atoms with E-state index in [-0.39, 0.29) is 17.5 Å². The third-order valence-corrected chi connectivity index (χ3v) is 6.30. The van der Waals surface area contributed by atoms with Crippen LogP contribution in [0.1, 0.15) is 36.5 Å². The molecule has 1 unspecified atom stereocenters. The molecule has 150 valence electrons. The summed E-state index contributed by atoms with van der Waals surface area (Å²) >= 11 is 0. The molecule has 0 bridgehead atoms. The van der Waals surface area contributed by atoms with E-state index in [0.29, 0.717) is 12.5 Å². The molecular formula is C25H28N2O2. The van der Waals surface area contributed by atoms with Crippen LogP contribution in [0.2, 0.25) is 0 Å². The largest absolute Gasteiger partial charge is 0.496 e. The maximum atomic E-state index is 6.15. The average molecular weight is 389 g/mol. The highest BCUT2D eigenvalue weighted by molar-refractivity contribution is 5.90. The molecule has 1 N–H and O–H groups in total. The van der Waals surface area contributed by atoms with E-state index in [0.717, 1.165) is 24.6 Å². The zero-order valence-electron chi connectivity index (χ0n) is 17.3. The molecule has 0 saturated carbocycles. The quantitative estimate of drug-likeness (QED) is 0.854. The highest BCUT2D eigenvalue weighted by Gasteiger charge is 2.47. The highest BCUT2D eigenvalue weighted by atomic mass is 16.5. The predicted molar refractivity (Wildman–Crippen MR) is 116 cm³/mol. The van der Waals surface area contributed by atoms with Crippen molar-refractivity contribution in [3.63, 3.8) is 0 Å². The van der Waals surface area contributed by atoms with Crippen molar-refractivity contribution in [1.29, 1.82) is 0 Å². The second-order valence-corrected chi connectivity index (χ2v) is 8.86. The van der Waals surface area contributed by atoms with Gasteiger partial charge in [0, 0.05) is 24.1 Å². The lowest BCUT2D eigenvalue weighted by atomic mass is 9.73. The molecule has 1 aliphatic carbocycles. The Bertz CT molecular complexity index is 977. The van der Waals surface area contributed by atoms with Gasteiger partial charge in [-0.1, -0.05) is 54.6 Å². The van der Waals surface area contributed by atoms with E-state index >= 15 is 0 Å². The molecule has 0 amide bonds.